The summed E-state index contributed by atoms with van der Waals surface area (Å²) in [5, 5.41) is 6.91. The van der Waals surface area contributed by atoms with Crippen LogP contribution in [-0.2, 0) is 18.3 Å². The summed E-state index contributed by atoms with van der Waals surface area (Å²) in [7, 11) is 1.83. The van der Waals surface area contributed by atoms with Crippen molar-refractivity contribution in [1.82, 2.24) is 25.0 Å². The van der Waals surface area contributed by atoms with Gasteiger partial charge in [0.1, 0.15) is 24.0 Å². The average molecular weight is 397 g/mol. The van der Waals surface area contributed by atoms with E-state index in [1.165, 1.54) is 6.33 Å². The van der Waals surface area contributed by atoms with E-state index >= 15 is 0 Å². The van der Waals surface area contributed by atoms with E-state index in [9.17, 15) is 9.59 Å². The Bertz CT molecular complexity index is 851. The van der Waals surface area contributed by atoms with Crippen LogP contribution in [0.3, 0.4) is 0 Å². The van der Waals surface area contributed by atoms with Crippen molar-refractivity contribution >= 4 is 11.8 Å². The molecule has 29 heavy (non-hydrogen) atoms. The first-order valence-corrected chi connectivity index (χ1v) is 10.3. The first kappa shape index (κ1) is 19.4. The Balaban J connectivity index is 1.21. The quantitative estimate of drug-likeness (QED) is 0.766. The summed E-state index contributed by atoms with van der Waals surface area (Å²) in [5.74, 6) is 2.07. The molecule has 0 unspecified atom stereocenters. The number of hydrogen-bond donors (Lipinski definition) is 1. The molecule has 8 nitrogen and oxygen atoms in total. The highest BCUT2D eigenvalue weighted by atomic mass is 16.5. The molecule has 1 aliphatic carbocycles. The van der Waals surface area contributed by atoms with E-state index in [1.54, 1.807) is 16.8 Å². The van der Waals surface area contributed by atoms with Crippen LogP contribution in [0, 0.1) is 5.92 Å². The van der Waals surface area contributed by atoms with E-state index in [-0.39, 0.29) is 17.9 Å². The van der Waals surface area contributed by atoms with E-state index in [1.807, 2.05) is 24.1 Å². The van der Waals surface area contributed by atoms with Crippen LogP contribution in [0.1, 0.15) is 41.9 Å². The second-order valence-corrected chi connectivity index (χ2v) is 7.75. The van der Waals surface area contributed by atoms with Gasteiger partial charge in [-0.3, -0.25) is 14.3 Å². The lowest BCUT2D eigenvalue weighted by atomic mass is 10.1. The summed E-state index contributed by atoms with van der Waals surface area (Å²) in [5.41, 5.74) is 0.597. The van der Waals surface area contributed by atoms with Crippen molar-refractivity contribution in [2.75, 3.05) is 19.6 Å². The van der Waals surface area contributed by atoms with E-state index < -0.39 is 0 Å². The third kappa shape index (κ3) is 4.93. The smallest absolute Gasteiger partial charge is 0.251 e. The fourth-order valence-electron chi connectivity index (χ4n) is 3.60. The van der Waals surface area contributed by atoms with E-state index in [2.05, 4.69) is 15.4 Å². The van der Waals surface area contributed by atoms with Crippen LogP contribution < -0.4 is 10.1 Å². The van der Waals surface area contributed by atoms with Crippen molar-refractivity contribution in [3.8, 4) is 5.75 Å². The minimum atomic E-state index is -0.120. The van der Waals surface area contributed by atoms with Gasteiger partial charge in [-0.05, 0) is 37.1 Å². The topological polar surface area (TPSA) is 89.3 Å². The Morgan fingerprint density at radius 2 is 1.86 bits per heavy atom. The Labute approximate surface area is 170 Å². The van der Waals surface area contributed by atoms with Crippen LogP contribution in [0.25, 0.3) is 0 Å². The maximum absolute atomic E-state index is 12.3. The number of aryl methyl sites for hydroxylation is 1. The fourth-order valence-corrected chi connectivity index (χ4v) is 3.60. The van der Waals surface area contributed by atoms with Gasteiger partial charge in [0.15, 0.2) is 0 Å². The number of nitrogens with zero attached hydrogens (tertiary/aromatic N) is 4. The van der Waals surface area contributed by atoms with Gasteiger partial charge in [0.25, 0.3) is 5.91 Å². The van der Waals surface area contributed by atoms with Gasteiger partial charge in [-0.15, -0.1) is 0 Å². The second kappa shape index (κ2) is 8.63. The number of aromatic nitrogens is 3. The van der Waals surface area contributed by atoms with Crippen LogP contribution in [-0.4, -0.2) is 57.2 Å². The van der Waals surface area contributed by atoms with Crippen LogP contribution in [0.2, 0.25) is 0 Å². The summed E-state index contributed by atoms with van der Waals surface area (Å²) in [6.07, 6.45) is 6.05. The Kier molecular flexibility index (Phi) is 5.78. The Morgan fingerprint density at radius 3 is 2.48 bits per heavy atom. The van der Waals surface area contributed by atoms with Gasteiger partial charge in [-0.2, -0.15) is 5.10 Å². The molecule has 0 bridgehead atoms. The molecule has 2 amide bonds. The average Bonchev–Trinajstić information content (AvgIpc) is 3.51. The first-order chi connectivity index (χ1) is 14.1. The molecular weight excluding hydrogens is 370 g/mol. The van der Waals surface area contributed by atoms with Gasteiger partial charge in [-0.25, -0.2) is 4.98 Å². The Morgan fingerprint density at radius 1 is 1.14 bits per heavy atom. The van der Waals surface area contributed by atoms with Crippen molar-refractivity contribution in [3.63, 3.8) is 0 Å². The zero-order chi connectivity index (χ0) is 20.2. The monoisotopic (exact) mass is 397 g/mol. The number of ether oxygens (including phenoxy) is 1. The van der Waals surface area contributed by atoms with Gasteiger partial charge in [0, 0.05) is 57.4 Å². The van der Waals surface area contributed by atoms with E-state index in [0.717, 1.165) is 50.3 Å². The molecule has 1 aliphatic heterocycles. The normalized spacial score (nSPS) is 17.2. The molecule has 1 aromatic heterocycles. The molecule has 0 atom stereocenters. The number of rotatable bonds is 7. The minimum absolute atomic E-state index is 0.115. The maximum Gasteiger partial charge on any atom is 0.251 e. The third-order valence-corrected chi connectivity index (χ3v) is 5.54. The van der Waals surface area contributed by atoms with Crippen LogP contribution in [0.4, 0.5) is 0 Å². The molecule has 1 aromatic carbocycles. The maximum atomic E-state index is 12.3. The predicted molar refractivity (Wildman–Crippen MR) is 106 cm³/mol. The van der Waals surface area contributed by atoms with Crippen molar-refractivity contribution in [1.29, 1.82) is 0 Å². The van der Waals surface area contributed by atoms with Crippen LogP contribution in [0.5, 0.6) is 5.75 Å². The highest BCUT2D eigenvalue weighted by Gasteiger charge is 2.35. The molecule has 8 heteroatoms. The predicted octanol–water partition coefficient (Wildman–Crippen LogP) is 1.57. The number of carbonyl (C=O) groups is 2. The number of likely N-dealkylation sites (tertiary alicyclic amines) is 1. The molecule has 2 fully saturated rings. The zero-order valence-corrected chi connectivity index (χ0v) is 16.7. The standard InChI is InChI=1S/C21H27N5O3/c1-25-19(23-14-24-25)8-11-22-20(27)15-4-6-17(7-5-15)29-18-9-12-26(13-10-18)21(28)16-2-3-16/h4-7,14,16,18H,2-3,8-13H2,1H3,(H,22,27). The molecule has 0 radical (unpaired) electrons. The second-order valence-electron chi connectivity index (χ2n) is 7.75. The lowest BCUT2D eigenvalue weighted by Gasteiger charge is -2.32. The summed E-state index contributed by atoms with van der Waals surface area (Å²) in [6, 6.07) is 7.22. The summed E-state index contributed by atoms with van der Waals surface area (Å²) in [4.78, 5) is 30.5. The molecule has 1 N–H and O–H groups in total. The van der Waals surface area contributed by atoms with Gasteiger partial charge < -0.3 is 15.0 Å². The molecule has 1 saturated carbocycles. The number of carbonyl (C=O) groups excluding carboxylic acids is 2. The summed E-state index contributed by atoms with van der Waals surface area (Å²) < 4.78 is 7.75. The molecular formula is C21H27N5O3. The highest BCUT2D eigenvalue weighted by Crippen LogP contribution is 2.32. The third-order valence-electron chi connectivity index (χ3n) is 5.54. The van der Waals surface area contributed by atoms with Crippen molar-refractivity contribution < 1.29 is 14.3 Å². The first-order valence-electron chi connectivity index (χ1n) is 10.3. The van der Waals surface area contributed by atoms with Gasteiger partial charge in [0.2, 0.25) is 5.91 Å². The van der Waals surface area contributed by atoms with E-state index in [4.69, 9.17) is 4.74 Å². The molecule has 1 saturated heterocycles. The molecule has 0 spiro atoms. The molecule has 2 heterocycles. The lowest BCUT2D eigenvalue weighted by Crippen LogP contribution is -2.42. The minimum Gasteiger partial charge on any atom is -0.490 e. The Hall–Kier alpha value is -2.90. The molecule has 2 aromatic rings. The summed E-state index contributed by atoms with van der Waals surface area (Å²) in [6.45, 7) is 2.04. The highest BCUT2D eigenvalue weighted by molar-refractivity contribution is 5.94. The number of benzene rings is 1. The molecule has 154 valence electrons. The van der Waals surface area contributed by atoms with Crippen molar-refractivity contribution in [2.24, 2.45) is 13.0 Å². The van der Waals surface area contributed by atoms with Crippen LogP contribution >= 0.6 is 0 Å². The zero-order valence-electron chi connectivity index (χ0n) is 16.7. The van der Waals surface area contributed by atoms with Crippen molar-refractivity contribution in [2.45, 2.75) is 38.2 Å². The van der Waals surface area contributed by atoms with Gasteiger partial charge in [-0.1, -0.05) is 0 Å². The SMILES string of the molecule is Cn1ncnc1CCNC(=O)c1ccc(OC2CCN(C(=O)C3CC3)CC2)cc1. The number of piperidine rings is 1. The van der Waals surface area contributed by atoms with Crippen LogP contribution in [0.15, 0.2) is 30.6 Å². The summed E-state index contributed by atoms with van der Waals surface area (Å²) >= 11 is 0. The molecule has 2 aliphatic rings. The van der Waals surface area contributed by atoms with Gasteiger partial charge in [0.05, 0.1) is 0 Å². The largest absolute Gasteiger partial charge is 0.490 e. The van der Waals surface area contributed by atoms with Crippen molar-refractivity contribution in [3.05, 3.63) is 42.0 Å². The lowest BCUT2D eigenvalue weighted by molar-refractivity contribution is -0.134. The number of nitrogens with one attached hydrogen (secondary N) is 1. The number of amides is 2. The van der Waals surface area contributed by atoms with E-state index in [0.29, 0.717) is 24.4 Å². The number of hydrogen-bond acceptors (Lipinski definition) is 5. The molecule has 4 rings (SSSR count). The van der Waals surface area contributed by atoms with Gasteiger partial charge >= 0.3 is 0 Å². The fraction of sp³-hybridized carbons (Fsp3) is 0.524.